The maximum atomic E-state index is 9.65. The topological polar surface area (TPSA) is 109 Å². The predicted octanol–water partition coefficient (Wildman–Crippen LogP) is 3.18. The van der Waals surface area contributed by atoms with Gasteiger partial charge in [0.1, 0.15) is 23.6 Å². The molecule has 0 aliphatic carbocycles. The minimum atomic E-state index is 0.0504. The summed E-state index contributed by atoms with van der Waals surface area (Å²) in [6.07, 6.45) is 8.73. The first kappa shape index (κ1) is 18.3. The third-order valence-corrected chi connectivity index (χ3v) is 5.40. The largest absolute Gasteiger partial charge is 0.495 e. The van der Waals surface area contributed by atoms with E-state index < -0.39 is 0 Å². The lowest BCUT2D eigenvalue weighted by atomic mass is 10.1. The Morgan fingerprint density at radius 3 is 2.70 bits per heavy atom. The molecule has 0 saturated carbocycles. The van der Waals surface area contributed by atoms with Gasteiger partial charge in [0.15, 0.2) is 11.4 Å². The van der Waals surface area contributed by atoms with Crippen molar-refractivity contribution in [2.24, 2.45) is 0 Å². The second-order valence-corrected chi connectivity index (χ2v) is 7.26. The highest BCUT2D eigenvalue weighted by atomic mass is 16.5. The molecule has 1 saturated heterocycles. The number of hydrogen-bond acceptors (Lipinski definition) is 7. The standard InChI is InChI=1S/C22H20N6O2/c1-29-16-6-13(9-25-11-16)14-7-17-20-19(28-22(17)27-10-14)12-26-18(8-23)21(20)30-15-2-4-24-5-3-15/h6-7,9-12,15,24H,2-5H2,1H3,(H,27,28). The summed E-state index contributed by atoms with van der Waals surface area (Å²) < 4.78 is 11.6. The Hall–Kier alpha value is -3.70. The molecule has 0 atom stereocenters. The Morgan fingerprint density at radius 1 is 1.07 bits per heavy atom. The molecule has 0 unspecified atom stereocenters. The fourth-order valence-electron chi connectivity index (χ4n) is 3.86. The lowest BCUT2D eigenvalue weighted by Crippen LogP contribution is -2.34. The third-order valence-electron chi connectivity index (χ3n) is 5.40. The van der Waals surface area contributed by atoms with Crippen LogP contribution in [0, 0.1) is 11.3 Å². The van der Waals surface area contributed by atoms with Gasteiger partial charge < -0.3 is 19.8 Å². The zero-order valence-electron chi connectivity index (χ0n) is 16.5. The molecular formula is C22H20N6O2. The molecule has 8 nitrogen and oxygen atoms in total. The van der Waals surface area contributed by atoms with E-state index in [1.807, 2.05) is 12.1 Å². The summed E-state index contributed by atoms with van der Waals surface area (Å²) in [5.74, 6) is 1.20. The van der Waals surface area contributed by atoms with Crippen LogP contribution in [0.4, 0.5) is 0 Å². The molecule has 0 radical (unpaired) electrons. The molecule has 0 amide bonds. The summed E-state index contributed by atoms with van der Waals surface area (Å²) >= 11 is 0. The first-order valence-electron chi connectivity index (χ1n) is 9.84. The molecule has 5 heterocycles. The minimum Gasteiger partial charge on any atom is -0.495 e. The maximum Gasteiger partial charge on any atom is 0.183 e. The molecule has 4 aromatic rings. The van der Waals surface area contributed by atoms with E-state index in [0.29, 0.717) is 11.5 Å². The van der Waals surface area contributed by atoms with E-state index >= 15 is 0 Å². The molecular weight excluding hydrogens is 380 g/mol. The molecule has 0 bridgehead atoms. The van der Waals surface area contributed by atoms with Crippen LogP contribution >= 0.6 is 0 Å². The Morgan fingerprint density at radius 2 is 1.90 bits per heavy atom. The average Bonchev–Trinajstić information content (AvgIpc) is 3.18. The molecule has 5 rings (SSSR count). The van der Waals surface area contributed by atoms with Gasteiger partial charge in [0.25, 0.3) is 0 Å². The van der Waals surface area contributed by atoms with Crippen LogP contribution in [-0.4, -0.2) is 46.2 Å². The number of H-pyrrole nitrogens is 1. The van der Waals surface area contributed by atoms with Crippen LogP contribution in [0.1, 0.15) is 18.5 Å². The number of fused-ring (bicyclic) bond motifs is 3. The second-order valence-electron chi connectivity index (χ2n) is 7.26. The van der Waals surface area contributed by atoms with Gasteiger partial charge in [-0.2, -0.15) is 5.26 Å². The lowest BCUT2D eigenvalue weighted by Gasteiger charge is -2.24. The third kappa shape index (κ3) is 3.19. The van der Waals surface area contributed by atoms with Gasteiger partial charge in [0, 0.05) is 28.9 Å². The quantitative estimate of drug-likeness (QED) is 0.541. The number of aromatic amines is 1. The molecule has 30 heavy (non-hydrogen) atoms. The van der Waals surface area contributed by atoms with Crippen molar-refractivity contribution < 1.29 is 9.47 Å². The maximum absolute atomic E-state index is 9.65. The number of hydrogen-bond donors (Lipinski definition) is 2. The van der Waals surface area contributed by atoms with E-state index in [9.17, 15) is 5.26 Å². The summed E-state index contributed by atoms with van der Waals surface area (Å²) in [6.45, 7) is 1.80. The van der Waals surface area contributed by atoms with E-state index in [1.54, 1.807) is 31.9 Å². The molecule has 0 spiro atoms. The molecule has 0 aromatic carbocycles. The van der Waals surface area contributed by atoms with Gasteiger partial charge in [0.2, 0.25) is 0 Å². The van der Waals surface area contributed by atoms with Crippen LogP contribution in [0.5, 0.6) is 11.5 Å². The molecule has 2 N–H and O–H groups in total. The van der Waals surface area contributed by atoms with Crippen molar-refractivity contribution >= 4 is 21.9 Å². The second kappa shape index (κ2) is 7.61. The first-order valence-corrected chi connectivity index (χ1v) is 9.84. The van der Waals surface area contributed by atoms with Crippen molar-refractivity contribution in [1.82, 2.24) is 25.3 Å². The molecule has 8 heteroatoms. The highest BCUT2D eigenvalue weighted by Gasteiger charge is 2.22. The Balaban J connectivity index is 1.68. The van der Waals surface area contributed by atoms with Gasteiger partial charge in [-0.15, -0.1) is 0 Å². The number of rotatable bonds is 4. The highest BCUT2D eigenvalue weighted by Crippen LogP contribution is 2.37. The van der Waals surface area contributed by atoms with E-state index in [4.69, 9.17) is 9.47 Å². The van der Waals surface area contributed by atoms with E-state index in [1.165, 1.54) is 0 Å². The Labute approximate surface area is 172 Å². The Bertz CT molecular complexity index is 1270. The number of ether oxygens (including phenoxy) is 2. The van der Waals surface area contributed by atoms with Crippen molar-refractivity contribution in [2.75, 3.05) is 20.2 Å². The van der Waals surface area contributed by atoms with Crippen LogP contribution in [0.15, 0.2) is 36.9 Å². The van der Waals surface area contributed by atoms with Gasteiger partial charge in [-0.05, 0) is 38.1 Å². The van der Waals surface area contributed by atoms with Crippen molar-refractivity contribution in [3.63, 3.8) is 0 Å². The van der Waals surface area contributed by atoms with E-state index in [-0.39, 0.29) is 11.8 Å². The Kier molecular flexibility index (Phi) is 4.65. The zero-order valence-corrected chi connectivity index (χ0v) is 16.5. The van der Waals surface area contributed by atoms with E-state index in [0.717, 1.165) is 59.0 Å². The number of methoxy groups -OCH3 is 1. The normalized spacial score (nSPS) is 14.7. The summed E-state index contributed by atoms with van der Waals surface area (Å²) in [5.41, 5.74) is 3.60. The lowest BCUT2D eigenvalue weighted by molar-refractivity contribution is 0.163. The molecule has 150 valence electrons. The number of piperidine rings is 1. The molecule has 4 aromatic heterocycles. The SMILES string of the molecule is COc1cncc(-c2cnc3[nH]c4cnc(C#N)c(OC5CCNCC5)c4c3c2)c1. The molecule has 1 fully saturated rings. The monoisotopic (exact) mass is 400 g/mol. The number of pyridine rings is 3. The van der Waals surface area contributed by atoms with Gasteiger partial charge in [-0.1, -0.05) is 0 Å². The van der Waals surface area contributed by atoms with Crippen molar-refractivity contribution in [1.29, 1.82) is 5.26 Å². The predicted molar refractivity (Wildman–Crippen MR) is 112 cm³/mol. The number of aromatic nitrogens is 4. The fourth-order valence-corrected chi connectivity index (χ4v) is 3.86. The van der Waals surface area contributed by atoms with Crippen molar-refractivity contribution in [3.05, 3.63) is 42.6 Å². The molecule has 1 aliphatic heterocycles. The van der Waals surface area contributed by atoms with Crippen molar-refractivity contribution in [2.45, 2.75) is 18.9 Å². The van der Waals surface area contributed by atoms with Gasteiger partial charge in [0.05, 0.1) is 30.4 Å². The van der Waals surface area contributed by atoms with Gasteiger partial charge >= 0.3 is 0 Å². The highest BCUT2D eigenvalue weighted by molar-refractivity contribution is 6.10. The number of nitriles is 1. The van der Waals surface area contributed by atoms with Gasteiger partial charge in [-0.3, -0.25) is 4.98 Å². The van der Waals surface area contributed by atoms with Gasteiger partial charge in [-0.25, -0.2) is 9.97 Å². The number of nitrogens with one attached hydrogen (secondary N) is 2. The minimum absolute atomic E-state index is 0.0504. The van der Waals surface area contributed by atoms with Crippen LogP contribution in [-0.2, 0) is 0 Å². The number of nitrogens with zero attached hydrogens (tertiary/aromatic N) is 4. The summed E-state index contributed by atoms with van der Waals surface area (Å²) in [5, 5.41) is 14.7. The first-order chi connectivity index (χ1) is 14.8. The summed E-state index contributed by atoms with van der Waals surface area (Å²) in [7, 11) is 1.61. The van der Waals surface area contributed by atoms with Crippen molar-refractivity contribution in [3.8, 4) is 28.7 Å². The zero-order chi connectivity index (χ0) is 20.5. The summed E-state index contributed by atoms with van der Waals surface area (Å²) in [6, 6.07) is 6.13. The van der Waals surface area contributed by atoms with Crippen LogP contribution in [0.2, 0.25) is 0 Å². The van der Waals surface area contributed by atoms with E-state index in [2.05, 4.69) is 31.3 Å². The summed E-state index contributed by atoms with van der Waals surface area (Å²) in [4.78, 5) is 16.4. The van der Waals surface area contributed by atoms with Crippen LogP contribution < -0.4 is 14.8 Å². The van der Waals surface area contributed by atoms with Crippen LogP contribution in [0.3, 0.4) is 0 Å². The average molecular weight is 400 g/mol. The molecule has 1 aliphatic rings. The smallest absolute Gasteiger partial charge is 0.183 e. The van der Waals surface area contributed by atoms with Crippen LogP contribution in [0.25, 0.3) is 33.1 Å². The fraction of sp³-hybridized carbons (Fsp3) is 0.273.